The van der Waals surface area contributed by atoms with Crippen LogP contribution >= 0.6 is 0 Å². The molecule has 0 atom stereocenters. The summed E-state index contributed by atoms with van der Waals surface area (Å²) < 4.78 is 3.03. The molecule has 2 aromatic rings. The van der Waals surface area contributed by atoms with Gasteiger partial charge in [-0.15, -0.1) is 5.39 Å². The van der Waals surface area contributed by atoms with Crippen LogP contribution in [0.1, 0.15) is 0 Å². The minimum Gasteiger partial charge on any atom is -0.738 e. The van der Waals surface area contributed by atoms with Crippen molar-refractivity contribution in [2.45, 2.75) is 0 Å². The first-order valence-corrected chi connectivity index (χ1v) is 10.6. The number of hydrogen-bond donors (Lipinski definition) is 2. The molecule has 0 heterocycles. The fourth-order valence-electron chi connectivity index (χ4n) is 0.956. The molecular formula is C12H14Hg2NO4. The van der Waals surface area contributed by atoms with Crippen LogP contribution in [0.25, 0.3) is 0 Å². The van der Waals surface area contributed by atoms with Gasteiger partial charge in [0.25, 0.3) is 0 Å². The van der Waals surface area contributed by atoms with E-state index in [9.17, 15) is 0 Å². The summed E-state index contributed by atoms with van der Waals surface area (Å²) in [4.78, 5) is 0. The first-order chi connectivity index (χ1) is 8.52. The van der Waals surface area contributed by atoms with Crippen LogP contribution in [0.5, 0.6) is 0 Å². The third-order valence-electron chi connectivity index (χ3n) is 1.69. The molecular weight excluding hydrogens is 623 g/mol. The van der Waals surface area contributed by atoms with Gasteiger partial charge in [0.1, 0.15) is 0 Å². The largest absolute Gasteiger partial charge is 0.738 e. The van der Waals surface area contributed by atoms with E-state index in [1.165, 1.54) is 6.14 Å². The molecule has 0 aliphatic heterocycles. The number of nitrogens with zero attached hydrogens (tertiary/aromatic N) is 1. The smallest absolute Gasteiger partial charge is 0.139 e. The summed E-state index contributed by atoms with van der Waals surface area (Å²) in [7, 11) is 0. The van der Waals surface area contributed by atoms with Crippen LogP contribution in [0.4, 0.5) is 0 Å². The van der Waals surface area contributed by atoms with Gasteiger partial charge in [0, 0.05) is 0 Å². The maximum absolute atomic E-state index is 8.47. The molecule has 0 saturated carbocycles. The van der Waals surface area contributed by atoms with Gasteiger partial charge in [0.05, 0.1) is 0 Å². The first-order valence-electron chi connectivity index (χ1n) is 5.11. The van der Waals surface area contributed by atoms with Gasteiger partial charge in [-0.05, 0) is 0 Å². The average molecular weight is 637 g/mol. The van der Waals surface area contributed by atoms with Crippen molar-refractivity contribution in [1.82, 2.24) is 5.39 Å². The van der Waals surface area contributed by atoms with Crippen molar-refractivity contribution in [3.8, 4) is 0 Å². The van der Waals surface area contributed by atoms with E-state index in [0.29, 0.717) is 0 Å². The van der Waals surface area contributed by atoms with Crippen LogP contribution in [0.15, 0.2) is 60.7 Å². The standard InChI is InChI=1S/2C6H5.2Hg.H2NO3.H2O/c2*1-2-4-6-5-3-1;;;2-1(3)4;/h2*1-5H;;;2-3H;1H2/q;;;+1;-1;. The van der Waals surface area contributed by atoms with Crippen molar-refractivity contribution in [3.63, 3.8) is 0 Å². The van der Waals surface area contributed by atoms with Crippen LogP contribution in [-0.2, 0) is 52.2 Å². The van der Waals surface area contributed by atoms with E-state index >= 15 is 0 Å². The molecule has 0 spiro atoms. The van der Waals surface area contributed by atoms with Gasteiger partial charge < -0.3 is 21.1 Å². The van der Waals surface area contributed by atoms with E-state index in [2.05, 4.69) is 60.7 Å². The minimum atomic E-state index is -1.25. The summed E-state index contributed by atoms with van der Waals surface area (Å²) in [5.41, 5.74) is 0. The monoisotopic (exact) mass is 640 g/mol. The Bertz CT molecular complexity index is 361. The van der Waals surface area contributed by atoms with Crippen LogP contribution < -0.4 is 6.14 Å². The Kier molecular flexibility index (Phi) is 16.4. The molecule has 0 aliphatic carbocycles. The second-order valence-corrected chi connectivity index (χ2v) is 9.57. The van der Waals surface area contributed by atoms with E-state index in [4.69, 9.17) is 15.6 Å². The molecule has 19 heavy (non-hydrogen) atoms. The zero-order valence-electron chi connectivity index (χ0n) is 10.4. The Morgan fingerprint density at radius 2 is 1.21 bits per heavy atom. The number of rotatable bonds is 0. The van der Waals surface area contributed by atoms with E-state index < -0.39 is 5.39 Å². The molecule has 0 unspecified atom stereocenters. The minimum absolute atomic E-state index is 0. The summed E-state index contributed by atoms with van der Waals surface area (Å²) in [5, 5.41) is 21.0. The van der Waals surface area contributed by atoms with E-state index in [0.717, 1.165) is 52.2 Å². The molecule has 0 bridgehead atoms. The maximum atomic E-state index is 8.47. The third kappa shape index (κ3) is 18.1. The van der Waals surface area contributed by atoms with Crippen LogP contribution in [-0.4, -0.2) is 21.3 Å². The molecule has 0 radical (unpaired) electrons. The van der Waals surface area contributed by atoms with Crippen molar-refractivity contribution in [2.75, 3.05) is 0 Å². The Labute approximate surface area is 144 Å². The molecule has 2 aromatic carbocycles. The topological polar surface area (TPSA) is 98.3 Å². The molecule has 5 nitrogen and oxygen atoms in total. The summed E-state index contributed by atoms with van der Waals surface area (Å²) in [6, 6.07) is 21.1. The summed E-state index contributed by atoms with van der Waals surface area (Å²) >= 11 is 1.62. The van der Waals surface area contributed by atoms with Crippen molar-refractivity contribution < 1.29 is 68.1 Å². The third-order valence-corrected chi connectivity index (χ3v) is 5.35. The number of benzene rings is 2. The second-order valence-electron chi connectivity index (χ2n) is 3.22. The zero-order valence-corrected chi connectivity index (χ0v) is 21.4. The molecule has 7 heteroatoms. The first kappa shape index (κ1) is 21.4. The van der Waals surface area contributed by atoms with Crippen molar-refractivity contribution in [3.05, 3.63) is 65.9 Å². The Balaban J connectivity index is 0. The molecule has 0 fully saturated rings. The van der Waals surface area contributed by atoms with Crippen molar-refractivity contribution in [2.24, 2.45) is 0 Å². The van der Waals surface area contributed by atoms with Crippen molar-refractivity contribution >= 4 is 6.14 Å². The van der Waals surface area contributed by atoms with E-state index in [1.54, 1.807) is 0 Å². The Morgan fingerprint density at radius 3 is 1.37 bits per heavy atom. The fraction of sp³-hybridized carbons (Fsp3) is 0. The summed E-state index contributed by atoms with van der Waals surface area (Å²) in [6.07, 6.45) is 0. The van der Waals surface area contributed by atoms with Crippen LogP contribution in [0, 0.1) is 5.21 Å². The van der Waals surface area contributed by atoms with Gasteiger partial charge in [-0.25, -0.2) is 0 Å². The molecule has 95 valence electrons. The number of hydrogen-bond acceptors (Lipinski definition) is 4. The fourth-order valence-corrected chi connectivity index (χ4v) is 3.07. The predicted molar refractivity (Wildman–Crippen MR) is 64.5 cm³/mol. The molecule has 0 saturated heterocycles. The molecule has 2 rings (SSSR count). The van der Waals surface area contributed by atoms with Gasteiger partial charge in [-0.1, -0.05) is 0 Å². The van der Waals surface area contributed by atoms with Crippen LogP contribution in [0.3, 0.4) is 0 Å². The molecule has 4 N–H and O–H groups in total. The molecule has 0 aromatic heterocycles. The van der Waals surface area contributed by atoms with Gasteiger partial charge in [0.15, 0.2) is 0 Å². The summed E-state index contributed by atoms with van der Waals surface area (Å²) in [5.74, 6) is 0. The average Bonchev–Trinajstić information content (AvgIpc) is 2.31. The maximum Gasteiger partial charge on any atom is -0.139 e. The summed E-state index contributed by atoms with van der Waals surface area (Å²) in [6.45, 7) is 0. The molecule has 0 amide bonds. The van der Waals surface area contributed by atoms with Gasteiger partial charge in [-0.2, -0.15) is 0 Å². The van der Waals surface area contributed by atoms with E-state index in [1.807, 2.05) is 0 Å². The normalized spacial score (nSPS) is 8.42. The predicted octanol–water partition coefficient (Wildman–Crippen LogP) is 0.457. The van der Waals surface area contributed by atoms with Gasteiger partial charge in [0.2, 0.25) is 0 Å². The Hall–Kier alpha value is 0.110. The van der Waals surface area contributed by atoms with Gasteiger partial charge in [-0.3, -0.25) is 0 Å². The van der Waals surface area contributed by atoms with Gasteiger partial charge >= 0.3 is 119 Å². The molecule has 0 aliphatic rings. The quantitative estimate of drug-likeness (QED) is 0.324. The Morgan fingerprint density at radius 1 is 0.895 bits per heavy atom. The zero-order chi connectivity index (χ0) is 13.8. The SMILES string of the molecule is O.[Hg+][c]1ccccc1.[Hg][c]1ccccc1.[O-]N(O)O. The van der Waals surface area contributed by atoms with Crippen LogP contribution in [0.2, 0.25) is 0 Å². The van der Waals surface area contributed by atoms with E-state index in [-0.39, 0.29) is 5.48 Å². The second kappa shape index (κ2) is 14.5. The van der Waals surface area contributed by atoms with Crippen molar-refractivity contribution in [1.29, 1.82) is 0 Å².